The summed E-state index contributed by atoms with van der Waals surface area (Å²) in [5, 5.41) is 0. The lowest BCUT2D eigenvalue weighted by molar-refractivity contribution is 0.171. The van der Waals surface area contributed by atoms with E-state index in [4.69, 9.17) is 10.5 Å². The Bertz CT molecular complexity index is 140. The van der Waals surface area contributed by atoms with E-state index in [0.29, 0.717) is 0 Å². The lowest BCUT2D eigenvalue weighted by Gasteiger charge is -2.04. The van der Waals surface area contributed by atoms with Crippen LogP contribution in [0.15, 0.2) is 0 Å². The zero-order valence-corrected chi connectivity index (χ0v) is 14.1. The zero-order chi connectivity index (χ0) is 14.0. The van der Waals surface area contributed by atoms with Crippen molar-refractivity contribution in [3.8, 4) is 0 Å². The fourth-order valence-corrected chi connectivity index (χ4v) is 3.02. The van der Waals surface area contributed by atoms with E-state index in [1.807, 2.05) is 0 Å². The summed E-state index contributed by atoms with van der Waals surface area (Å²) in [6.45, 7) is 4.07. The highest BCUT2D eigenvalue weighted by Gasteiger charge is 1.94. The number of hydrogen-bond donors (Lipinski definition) is 1. The predicted octanol–water partition coefficient (Wildman–Crippen LogP) is 4.35. The third kappa shape index (κ3) is 18.1. The number of rotatable bonds is 16. The Balaban J connectivity index is 2.88. The van der Waals surface area contributed by atoms with Crippen molar-refractivity contribution >= 4 is 9.52 Å². The monoisotopic (exact) mass is 285 g/mol. The molecule has 0 aromatic heterocycles. The summed E-state index contributed by atoms with van der Waals surface area (Å²) in [6.07, 6.45) is 16.1. The minimum atomic E-state index is 0.825. The molecule has 0 heterocycles. The third-order valence-corrected chi connectivity index (χ3v) is 4.52. The molecule has 0 amide bonds. The number of hydrogen-bond acceptors (Lipinski definition) is 2. The summed E-state index contributed by atoms with van der Waals surface area (Å²) in [6, 6.07) is 1.24. The maximum atomic E-state index is 5.62. The molecule has 0 aliphatic rings. The van der Waals surface area contributed by atoms with Crippen LogP contribution in [0.2, 0.25) is 6.04 Å². The first-order chi connectivity index (χ1) is 9.41. The van der Waals surface area contributed by atoms with Gasteiger partial charge in [-0.05, 0) is 19.4 Å². The van der Waals surface area contributed by atoms with Crippen LogP contribution in [0, 0.1) is 0 Å². The molecule has 0 bridgehead atoms. The molecule has 3 heteroatoms. The summed E-state index contributed by atoms with van der Waals surface area (Å²) in [5.41, 5.74) is 5.45. The average molecular weight is 286 g/mol. The lowest BCUT2D eigenvalue weighted by Crippen LogP contribution is -2.07. The molecule has 114 valence electrons. The molecule has 0 spiro atoms. The van der Waals surface area contributed by atoms with Crippen molar-refractivity contribution in [2.45, 2.75) is 83.6 Å². The van der Waals surface area contributed by atoms with Crippen LogP contribution in [-0.4, -0.2) is 28.9 Å². The van der Waals surface area contributed by atoms with Crippen LogP contribution in [0.4, 0.5) is 0 Å². The number of nitrogens with two attached hydrogens (primary N) is 1. The number of ether oxygens (including phenoxy) is 1. The summed E-state index contributed by atoms with van der Waals surface area (Å²) < 4.78 is 5.62. The molecule has 0 aliphatic carbocycles. The van der Waals surface area contributed by atoms with Gasteiger partial charge >= 0.3 is 0 Å². The Labute approximate surface area is 123 Å². The second-order valence-electron chi connectivity index (χ2n) is 5.38. The van der Waals surface area contributed by atoms with Gasteiger partial charge < -0.3 is 10.5 Å². The van der Waals surface area contributed by atoms with Crippen molar-refractivity contribution < 1.29 is 4.74 Å². The molecule has 2 N–H and O–H groups in total. The van der Waals surface area contributed by atoms with E-state index < -0.39 is 0 Å². The van der Waals surface area contributed by atoms with E-state index in [2.05, 4.69) is 6.92 Å². The molecular weight excluding hydrogens is 250 g/mol. The standard InChI is InChI=1S/C16H35NOSi/c1-2-3-4-5-6-7-8-9-10-11-14-18-16-19-15-12-13-17/h2-17H2,1H3. The van der Waals surface area contributed by atoms with Crippen LogP contribution in [0.25, 0.3) is 0 Å². The van der Waals surface area contributed by atoms with E-state index >= 15 is 0 Å². The van der Waals surface area contributed by atoms with Gasteiger partial charge in [-0.1, -0.05) is 70.8 Å². The highest BCUT2D eigenvalue weighted by molar-refractivity contribution is 6.35. The highest BCUT2D eigenvalue weighted by Crippen LogP contribution is 2.10. The minimum Gasteiger partial charge on any atom is -0.385 e. The Morgan fingerprint density at radius 2 is 1.37 bits per heavy atom. The fraction of sp³-hybridized carbons (Fsp3) is 1.00. The van der Waals surface area contributed by atoms with Gasteiger partial charge in [0.1, 0.15) is 0 Å². The fourth-order valence-electron chi connectivity index (χ4n) is 2.14. The molecule has 0 aromatic carbocycles. The first kappa shape index (κ1) is 19.1. The van der Waals surface area contributed by atoms with Crippen molar-refractivity contribution in [2.75, 3.05) is 19.4 Å². The van der Waals surface area contributed by atoms with Gasteiger partial charge in [0.15, 0.2) is 0 Å². The van der Waals surface area contributed by atoms with Gasteiger partial charge in [0.2, 0.25) is 0 Å². The van der Waals surface area contributed by atoms with Crippen LogP contribution in [0.3, 0.4) is 0 Å². The maximum absolute atomic E-state index is 5.62. The summed E-state index contributed by atoms with van der Waals surface area (Å²) >= 11 is 0. The van der Waals surface area contributed by atoms with E-state index in [1.165, 1.54) is 70.3 Å². The summed E-state index contributed by atoms with van der Waals surface area (Å²) in [5.74, 6) is 0. The Kier molecular flexibility index (Phi) is 18.3. The summed E-state index contributed by atoms with van der Waals surface area (Å²) in [4.78, 5) is 0. The topological polar surface area (TPSA) is 35.2 Å². The molecule has 0 aromatic rings. The van der Waals surface area contributed by atoms with Crippen LogP contribution in [0.5, 0.6) is 0 Å². The van der Waals surface area contributed by atoms with Gasteiger partial charge in [-0.25, -0.2) is 0 Å². The van der Waals surface area contributed by atoms with Crippen molar-refractivity contribution in [2.24, 2.45) is 5.73 Å². The van der Waals surface area contributed by atoms with Gasteiger partial charge in [0.25, 0.3) is 0 Å². The van der Waals surface area contributed by atoms with Gasteiger partial charge in [0.05, 0.1) is 9.52 Å². The first-order valence-electron chi connectivity index (χ1n) is 8.40. The third-order valence-electron chi connectivity index (χ3n) is 3.40. The Morgan fingerprint density at radius 1 is 0.789 bits per heavy atom. The van der Waals surface area contributed by atoms with Crippen LogP contribution < -0.4 is 5.73 Å². The zero-order valence-electron chi connectivity index (χ0n) is 13.1. The predicted molar refractivity (Wildman–Crippen MR) is 86.9 cm³/mol. The smallest absolute Gasteiger partial charge is 0.0734 e. The largest absolute Gasteiger partial charge is 0.385 e. The van der Waals surface area contributed by atoms with Gasteiger partial charge in [-0.2, -0.15) is 0 Å². The quantitative estimate of drug-likeness (QED) is 0.338. The van der Waals surface area contributed by atoms with Crippen LogP contribution in [0.1, 0.15) is 77.6 Å². The minimum absolute atomic E-state index is 0.825. The maximum Gasteiger partial charge on any atom is 0.0734 e. The number of unbranched alkanes of at least 4 members (excludes halogenated alkanes) is 9. The molecule has 0 rings (SSSR count). The molecule has 19 heavy (non-hydrogen) atoms. The second kappa shape index (κ2) is 18.1. The van der Waals surface area contributed by atoms with E-state index in [1.54, 1.807) is 0 Å². The molecule has 0 atom stereocenters. The molecule has 0 aliphatic heterocycles. The molecular formula is C16H35NOSi. The SMILES string of the molecule is CCCCCCCCCCCCOC[Si]CCCN. The summed E-state index contributed by atoms with van der Waals surface area (Å²) in [7, 11) is 0.948. The lowest BCUT2D eigenvalue weighted by atomic mass is 10.1. The average Bonchev–Trinajstić information content (AvgIpc) is 2.43. The normalized spacial score (nSPS) is 11.1. The van der Waals surface area contributed by atoms with E-state index in [-0.39, 0.29) is 0 Å². The molecule has 0 fully saturated rings. The second-order valence-corrected chi connectivity index (χ2v) is 6.67. The van der Waals surface area contributed by atoms with E-state index in [9.17, 15) is 0 Å². The Morgan fingerprint density at radius 3 is 1.95 bits per heavy atom. The van der Waals surface area contributed by atoms with Gasteiger partial charge in [0, 0.05) is 12.8 Å². The first-order valence-corrected chi connectivity index (χ1v) is 9.81. The van der Waals surface area contributed by atoms with Crippen LogP contribution >= 0.6 is 0 Å². The van der Waals surface area contributed by atoms with Crippen LogP contribution in [-0.2, 0) is 4.74 Å². The molecule has 0 saturated heterocycles. The van der Waals surface area contributed by atoms with Crippen molar-refractivity contribution in [1.29, 1.82) is 0 Å². The van der Waals surface area contributed by atoms with Gasteiger partial charge in [-0.3, -0.25) is 0 Å². The molecule has 2 radical (unpaired) electrons. The molecule has 0 unspecified atom stereocenters. The van der Waals surface area contributed by atoms with Crippen molar-refractivity contribution in [3.63, 3.8) is 0 Å². The van der Waals surface area contributed by atoms with Crippen molar-refractivity contribution in [3.05, 3.63) is 0 Å². The molecule has 0 saturated carbocycles. The molecule has 2 nitrogen and oxygen atoms in total. The van der Waals surface area contributed by atoms with Gasteiger partial charge in [-0.15, -0.1) is 0 Å². The van der Waals surface area contributed by atoms with E-state index in [0.717, 1.165) is 35.3 Å². The Hall–Kier alpha value is 0.137. The highest BCUT2D eigenvalue weighted by atomic mass is 28.2. The van der Waals surface area contributed by atoms with Crippen molar-refractivity contribution in [1.82, 2.24) is 0 Å².